The zero-order valence-corrected chi connectivity index (χ0v) is 14.9. The standard InChI is InChI=1S/C20H25N3O3/c24-15-7-6-14(18(25)10-15)11-23-9-8-17-16(12-23)20(26)22-19(21-17)13-4-2-1-3-5-13/h6-7,10,13,24-25H,1-5,8-9,11-12H2,(H,21,22,26). The van der Waals surface area contributed by atoms with Crippen molar-refractivity contribution < 1.29 is 10.2 Å². The van der Waals surface area contributed by atoms with Gasteiger partial charge in [0.1, 0.15) is 17.3 Å². The summed E-state index contributed by atoms with van der Waals surface area (Å²) >= 11 is 0. The molecule has 6 nitrogen and oxygen atoms in total. The molecule has 0 radical (unpaired) electrons. The number of hydrogen-bond donors (Lipinski definition) is 3. The lowest BCUT2D eigenvalue weighted by Gasteiger charge is -2.29. The van der Waals surface area contributed by atoms with Crippen molar-refractivity contribution in [2.24, 2.45) is 0 Å². The Morgan fingerprint density at radius 1 is 1.19 bits per heavy atom. The van der Waals surface area contributed by atoms with Gasteiger partial charge < -0.3 is 15.2 Å². The molecule has 2 aliphatic rings. The molecule has 26 heavy (non-hydrogen) atoms. The zero-order chi connectivity index (χ0) is 18.1. The maximum Gasteiger partial charge on any atom is 0.255 e. The second kappa shape index (κ2) is 7.11. The van der Waals surface area contributed by atoms with Crippen molar-refractivity contribution in [3.8, 4) is 11.5 Å². The zero-order valence-electron chi connectivity index (χ0n) is 14.9. The Labute approximate surface area is 152 Å². The maximum absolute atomic E-state index is 12.6. The van der Waals surface area contributed by atoms with Crippen molar-refractivity contribution in [1.82, 2.24) is 14.9 Å². The van der Waals surface area contributed by atoms with Gasteiger partial charge >= 0.3 is 0 Å². The summed E-state index contributed by atoms with van der Waals surface area (Å²) in [5, 5.41) is 19.4. The summed E-state index contributed by atoms with van der Waals surface area (Å²) in [7, 11) is 0. The lowest BCUT2D eigenvalue weighted by Crippen LogP contribution is -2.36. The molecule has 1 aliphatic heterocycles. The SMILES string of the molecule is O=c1[nH]c(C2CCCCC2)nc2c1CN(Cc1ccc(O)cc1O)CC2. The number of fused-ring (bicyclic) bond motifs is 1. The van der Waals surface area contributed by atoms with Crippen LogP contribution >= 0.6 is 0 Å². The molecule has 0 atom stereocenters. The molecule has 0 amide bonds. The Hall–Kier alpha value is -2.34. The predicted molar refractivity (Wildman–Crippen MR) is 98.3 cm³/mol. The number of phenols is 2. The third-order valence-electron chi connectivity index (χ3n) is 5.62. The monoisotopic (exact) mass is 355 g/mol. The Bertz CT molecular complexity index is 856. The van der Waals surface area contributed by atoms with Crippen LogP contribution in [0.25, 0.3) is 0 Å². The van der Waals surface area contributed by atoms with E-state index in [9.17, 15) is 15.0 Å². The Kier molecular flexibility index (Phi) is 4.68. The first kappa shape index (κ1) is 17.1. The number of H-pyrrole nitrogens is 1. The number of aromatic nitrogens is 2. The van der Waals surface area contributed by atoms with Crippen LogP contribution in [-0.2, 0) is 19.5 Å². The summed E-state index contributed by atoms with van der Waals surface area (Å²) < 4.78 is 0. The normalized spacial score (nSPS) is 18.6. The highest BCUT2D eigenvalue weighted by Gasteiger charge is 2.24. The molecular formula is C20H25N3O3. The predicted octanol–water partition coefficient (Wildman–Crippen LogP) is 2.79. The van der Waals surface area contributed by atoms with Crippen molar-refractivity contribution >= 4 is 0 Å². The quantitative estimate of drug-likeness (QED) is 0.788. The first-order valence-electron chi connectivity index (χ1n) is 9.45. The van der Waals surface area contributed by atoms with E-state index >= 15 is 0 Å². The van der Waals surface area contributed by atoms with Crippen molar-refractivity contribution in [2.45, 2.75) is 57.5 Å². The van der Waals surface area contributed by atoms with E-state index < -0.39 is 0 Å². The van der Waals surface area contributed by atoms with Crippen LogP contribution in [0.5, 0.6) is 11.5 Å². The van der Waals surface area contributed by atoms with E-state index in [1.54, 1.807) is 12.1 Å². The van der Waals surface area contributed by atoms with Crippen LogP contribution in [0.2, 0.25) is 0 Å². The molecule has 1 saturated carbocycles. The fourth-order valence-electron chi connectivity index (χ4n) is 4.13. The number of hydrogen-bond acceptors (Lipinski definition) is 5. The summed E-state index contributed by atoms with van der Waals surface area (Å²) in [5.41, 5.74) is 2.40. The molecule has 0 saturated heterocycles. The van der Waals surface area contributed by atoms with Crippen LogP contribution in [0.4, 0.5) is 0 Å². The van der Waals surface area contributed by atoms with Crippen molar-refractivity contribution in [1.29, 1.82) is 0 Å². The first-order chi connectivity index (χ1) is 12.6. The number of aromatic hydroxyl groups is 2. The topological polar surface area (TPSA) is 89.5 Å². The molecule has 1 fully saturated rings. The first-order valence-corrected chi connectivity index (χ1v) is 9.45. The van der Waals surface area contributed by atoms with Crippen molar-refractivity contribution in [2.75, 3.05) is 6.54 Å². The minimum absolute atomic E-state index is 0.0183. The van der Waals surface area contributed by atoms with Crippen molar-refractivity contribution in [3.63, 3.8) is 0 Å². The Morgan fingerprint density at radius 2 is 2.00 bits per heavy atom. The minimum atomic E-state index is -0.0183. The van der Waals surface area contributed by atoms with Gasteiger partial charge in [-0.3, -0.25) is 9.69 Å². The molecular weight excluding hydrogens is 330 g/mol. The summed E-state index contributed by atoms with van der Waals surface area (Å²) in [6.07, 6.45) is 6.70. The molecule has 0 bridgehead atoms. The second-order valence-corrected chi connectivity index (χ2v) is 7.49. The van der Waals surface area contributed by atoms with E-state index in [1.165, 1.54) is 25.3 Å². The van der Waals surface area contributed by atoms with E-state index in [0.29, 0.717) is 19.0 Å². The number of rotatable bonds is 3. The fourth-order valence-corrected chi connectivity index (χ4v) is 4.13. The lowest BCUT2D eigenvalue weighted by atomic mass is 9.88. The second-order valence-electron chi connectivity index (χ2n) is 7.49. The fraction of sp³-hybridized carbons (Fsp3) is 0.500. The van der Waals surface area contributed by atoms with Crippen LogP contribution in [0, 0.1) is 0 Å². The van der Waals surface area contributed by atoms with Gasteiger partial charge in [0.15, 0.2) is 0 Å². The summed E-state index contributed by atoms with van der Waals surface area (Å²) in [5.74, 6) is 1.40. The van der Waals surface area contributed by atoms with Gasteiger partial charge in [-0.2, -0.15) is 0 Å². The largest absolute Gasteiger partial charge is 0.508 e. The van der Waals surface area contributed by atoms with E-state index in [1.807, 2.05) is 0 Å². The highest BCUT2D eigenvalue weighted by molar-refractivity contribution is 5.39. The van der Waals surface area contributed by atoms with E-state index in [-0.39, 0.29) is 17.1 Å². The van der Waals surface area contributed by atoms with Crippen LogP contribution < -0.4 is 5.56 Å². The van der Waals surface area contributed by atoms with E-state index in [0.717, 1.165) is 48.5 Å². The molecule has 4 rings (SSSR count). The third kappa shape index (κ3) is 3.46. The molecule has 2 heterocycles. The molecule has 3 N–H and O–H groups in total. The van der Waals surface area contributed by atoms with E-state index in [2.05, 4.69) is 9.88 Å². The number of aromatic amines is 1. The van der Waals surface area contributed by atoms with Gasteiger partial charge in [-0.15, -0.1) is 0 Å². The van der Waals surface area contributed by atoms with Crippen LogP contribution in [0.3, 0.4) is 0 Å². The van der Waals surface area contributed by atoms with Gasteiger partial charge in [-0.1, -0.05) is 25.3 Å². The van der Waals surface area contributed by atoms with E-state index in [4.69, 9.17) is 4.98 Å². The average Bonchev–Trinajstić information content (AvgIpc) is 2.65. The number of nitrogens with one attached hydrogen (secondary N) is 1. The van der Waals surface area contributed by atoms with Gasteiger partial charge in [0, 0.05) is 43.6 Å². The van der Waals surface area contributed by atoms with Gasteiger partial charge in [-0.25, -0.2) is 4.98 Å². The molecule has 6 heteroatoms. The smallest absolute Gasteiger partial charge is 0.255 e. The van der Waals surface area contributed by atoms with Crippen molar-refractivity contribution in [3.05, 3.63) is 51.2 Å². The molecule has 1 aromatic heterocycles. The summed E-state index contributed by atoms with van der Waals surface area (Å²) in [6.45, 7) is 1.87. The molecule has 138 valence electrons. The van der Waals surface area contributed by atoms with Crippen LogP contribution in [-0.4, -0.2) is 31.6 Å². The summed E-state index contributed by atoms with van der Waals surface area (Å²) in [4.78, 5) is 22.6. The minimum Gasteiger partial charge on any atom is -0.508 e. The number of benzene rings is 1. The maximum atomic E-state index is 12.6. The van der Waals surface area contributed by atoms with Gasteiger partial charge in [0.2, 0.25) is 0 Å². The Balaban J connectivity index is 1.52. The number of phenolic OH excluding ortho intramolecular Hbond substituents is 2. The molecule has 0 spiro atoms. The molecule has 2 aromatic rings. The van der Waals surface area contributed by atoms with Gasteiger partial charge in [0.05, 0.1) is 11.3 Å². The van der Waals surface area contributed by atoms with Crippen LogP contribution in [0.15, 0.2) is 23.0 Å². The highest BCUT2D eigenvalue weighted by atomic mass is 16.3. The Morgan fingerprint density at radius 3 is 2.77 bits per heavy atom. The molecule has 1 aliphatic carbocycles. The third-order valence-corrected chi connectivity index (χ3v) is 5.62. The van der Waals surface area contributed by atoms with Gasteiger partial charge in [0.25, 0.3) is 5.56 Å². The van der Waals surface area contributed by atoms with Gasteiger partial charge in [-0.05, 0) is 18.9 Å². The summed E-state index contributed by atoms with van der Waals surface area (Å²) in [6, 6.07) is 4.63. The van der Waals surface area contributed by atoms with Crippen LogP contribution in [0.1, 0.15) is 60.7 Å². The molecule has 0 unspecified atom stereocenters. The lowest BCUT2D eigenvalue weighted by molar-refractivity contribution is 0.238. The molecule has 1 aromatic carbocycles. The number of nitrogens with zero attached hydrogens (tertiary/aromatic N) is 2. The highest BCUT2D eigenvalue weighted by Crippen LogP contribution is 2.31. The average molecular weight is 355 g/mol.